The number of hydrogen-bond acceptors (Lipinski definition) is 4. The van der Waals surface area contributed by atoms with Crippen LogP contribution in [0.25, 0.3) is 11.0 Å². The van der Waals surface area contributed by atoms with E-state index < -0.39 is 9.84 Å². The SMILES string of the molecule is CS(=O)(=O)c1cccc2[nH]c(C3CCC(N)CC3)nc12. The molecule has 20 heavy (non-hydrogen) atoms. The van der Waals surface area contributed by atoms with Crippen LogP contribution < -0.4 is 5.73 Å². The summed E-state index contributed by atoms with van der Waals surface area (Å²) in [6.45, 7) is 0. The minimum absolute atomic E-state index is 0.294. The standard InChI is InChI=1S/C14H19N3O2S/c1-20(18,19)12-4-2-3-11-13(12)17-14(16-11)9-5-7-10(15)8-6-9/h2-4,9-10H,5-8,15H2,1H3,(H,16,17). The van der Waals surface area contributed by atoms with E-state index in [1.807, 2.05) is 6.07 Å². The molecule has 1 heterocycles. The van der Waals surface area contributed by atoms with Gasteiger partial charge in [0.2, 0.25) is 0 Å². The van der Waals surface area contributed by atoms with Gasteiger partial charge in [0.25, 0.3) is 0 Å². The van der Waals surface area contributed by atoms with Crippen molar-refractivity contribution < 1.29 is 8.42 Å². The Morgan fingerprint density at radius 2 is 1.95 bits per heavy atom. The first-order chi connectivity index (χ1) is 9.45. The molecule has 0 spiro atoms. The number of aromatic nitrogens is 2. The number of aromatic amines is 1. The fourth-order valence-corrected chi connectivity index (χ4v) is 3.74. The fraction of sp³-hybridized carbons (Fsp3) is 0.500. The summed E-state index contributed by atoms with van der Waals surface area (Å²) in [6.07, 6.45) is 5.24. The lowest BCUT2D eigenvalue weighted by atomic mass is 9.86. The van der Waals surface area contributed by atoms with Crippen molar-refractivity contribution in [2.75, 3.05) is 6.26 Å². The van der Waals surface area contributed by atoms with E-state index in [4.69, 9.17) is 5.73 Å². The Kier molecular flexibility index (Phi) is 3.30. The van der Waals surface area contributed by atoms with E-state index in [0.29, 0.717) is 22.4 Å². The van der Waals surface area contributed by atoms with E-state index in [0.717, 1.165) is 37.0 Å². The molecule has 3 N–H and O–H groups in total. The normalized spacial score (nSPS) is 24.1. The summed E-state index contributed by atoms with van der Waals surface area (Å²) in [5.74, 6) is 1.25. The van der Waals surface area contributed by atoms with Crippen molar-refractivity contribution in [2.24, 2.45) is 5.73 Å². The van der Waals surface area contributed by atoms with Crippen molar-refractivity contribution in [3.8, 4) is 0 Å². The first kappa shape index (κ1) is 13.6. The molecule has 0 bridgehead atoms. The molecule has 1 aromatic carbocycles. The third-order valence-electron chi connectivity index (χ3n) is 4.05. The van der Waals surface area contributed by atoms with Gasteiger partial charge in [0.1, 0.15) is 11.3 Å². The van der Waals surface area contributed by atoms with Crippen LogP contribution in [0, 0.1) is 0 Å². The first-order valence-corrected chi connectivity index (χ1v) is 8.78. The Bertz CT molecular complexity index is 728. The van der Waals surface area contributed by atoms with Gasteiger partial charge >= 0.3 is 0 Å². The molecular weight excluding hydrogens is 274 g/mol. The monoisotopic (exact) mass is 293 g/mol. The zero-order valence-corrected chi connectivity index (χ0v) is 12.3. The van der Waals surface area contributed by atoms with E-state index in [1.54, 1.807) is 12.1 Å². The van der Waals surface area contributed by atoms with Gasteiger partial charge < -0.3 is 10.7 Å². The number of rotatable bonds is 2. The van der Waals surface area contributed by atoms with Crippen molar-refractivity contribution in [1.29, 1.82) is 0 Å². The smallest absolute Gasteiger partial charge is 0.177 e. The van der Waals surface area contributed by atoms with Crippen LogP contribution >= 0.6 is 0 Å². The Morgan fingerprint density at radius 1 is 1.25 bits per heavy atom. The summed E-state index contributed by atoms with van der Waals surface area (Å²) in [4.78, 5) is 8.12. The van der Waals surface area contributed by atoms with Crippen molar-refractivity contribution in [1.82, 2.24) is 9.97 Å². The number of nitrogens with one attached hydrogen (secondary N) is 1. The molecule has 5 nitrogen and oxygen atoms in total. The average molecular weight is 293 g/mol. The van der Waals surface area contributed by atoms with Gasteiger partial charge in [-0.3, -0.25) is 0 Å². The second kappa shape index (κ2) is 4.86. The number of sulfone groups is 1. The number of benzene rings is 1. The molecule has 0 amide bonds. The van der Waals surface area contributed by atoms with Crippen molar-refractivity contribution in [3.63, 3.8) is 0 Å². The van der Waals surface area contributed by atoms with Crippen molar-refractivity contribution >= 4 is 20.9 Å². The van der Waals surface area contributed by atoms with Crippen molar-refractivity contribution in [3.05, 3.63) is 24.0 Å². The van der Waals surface area contributed by atoms with Crippen LogP contribution in [0.2, 0.25) is 0 Å². The van der Waals surface area contributed by atoms with Crippen LogP contribution in [0.3, 0.4) is 0 Å². The number of fused-ring (bicyclic) bond motifs is 1. The van der Waals surface area contributed by atoms with Crippen LogP contribution in [-0.4, -0.2) is 30.7 Å². The van der Waals surface area contributed by atoms with Crippen LogP contribution in [0.1, 0.15) is 37.4 Å². The third kappa shape index (κ3) is 2.45. The number of hydrogen-bond donors (Lipinski definition) is 2. The van der Waals surface area contributed by atoms with Gasteiger partial charge in [-0.2, -0.15) is 0 Å². The summed E-state index contributed by atoms with van der Waals surface area (Å²) >= 11 is 0. The second-order valence-electron chi connectivity index (χ2n) is 5.66. The summed E-state index contributed by atoms with van der Waals surface area (Å²) in [6, 6.07) is 5.52. The average Bonchev–Trinajstić information content (AvgIpc) is 2.81. The highest BCUT2D eigenvalue weighted by molar-refractivity contribution is 7.91. The number of nitrogens with two attached hydrogens (primary N) is 1. The Hall–Kier alpha value is -1.40. The summed E-state index contributed by atoms with van der Waals surface area (Å²) < 4.78 is 23.6. The predicted molar refractivity (Wildman–Crippen MR) is 78.4 cm³/mol. The molecule has 0 aliphatic heterocycles. The van der Waals surface area contributed by atoms with Gasteiger partial charge in [-0.25, -0.2) is 13.4 Å². The number of nitrogens with zero attached hydrogens (tertiary/aromatic N) is 1. The van der Waals surface area contributed by atoms with Crippen LogP contribution in [0.5, 0.6) is 0 Å². The quantitative estimate of drug-likeness (QED) is 0.885. The van der Waals surface area contributed by atoms with Crippen LogP contribution in [0.4, 0.5) is 0 Å². The molecule has 1 aliphatic carbocycles. The molecule has 3 rings (SSSR count). The summed E-state index contributed by atoms with van der Waals surface area (Å²) in [7, 11) is -3.26. The molecule has 0 saturated heterocycles. The molecule has 1 saturated carbocycles. The number of H-pyrrole nitrogens is 1. The van der Waals surface area contributed by atoms with Gasteiger partial charge in [-0.05, 0) is 37.8 Å². The lowest BCUT2D eigenvalue weighted by Crippen LogP contribution is -2.26. The Balaban J connectivity index is 2.03. The lowest BCUT2D eigenvalue weighted by molar-refractivity contribution is 0.386. The van der Waals surface area contributed by atoms with Gasteiger partial charge in [0, 0.05) is 18.2 Å². The maximum atomic E-state index is 11.8. The summed E-state index contributed by atoms with van der Waals surface area (Å²) in [5.41, 5.74) is 7.27. The highest BCUT2D eigenvalue weighted by Crippen LogP contribution is 2.32. The highest BCUT2D eigenvalue weighted by atomic mass is 32.2. The maximum absolute atomic E-state index is 11.8. The zero-order valence-electron chi connectivity index (χ0n) is 11.5. The molecule has 108 valence electrons. The van der Waals surface area contributed by atoms with E-state index in [-0.39, 0.29) is 0 Å². The first-order valence-electron chi connectivity index (χ1n) is 6.89. The Morgan fingerprint density at radius 3 is 2.60 bits per heavy atom. The molecule has 2 aromatic rings. The lowest BCUT2D eigenvalue weighted by Gasteiger charge is -2.24. The largest absolute Gasteiger partial charge is 0.342 e. The van der Waals surface area contributed by atoms with Crippen molar-refractivity contribution in [2.45, 2.75) is 42.5 Å². The molecule has 1 aliphatic rings. The molecule has 1 fully saturated rings. The molecule has 0 unspecified atom stereocenters. The van der Waals surface area contributed by atoms with Gasteiger partial charge in [-0.15, -0.1) is 0 Å². The van der Waals surface area contributed by atoms with E-state index in [9.17, 15) is 8.42 Å². The minimum atomic E-state index is -3.26. The molecule has 0 radical (unpaired) electrons. The molecule has 1 aromatic heterocycles. The number of para-hydroxylation sites is 1. The molecule has 6 heteroatoms. The van der Waals surface area contributed by atoms with Gasteiger partial charge in [0.05, 0.1) is 10.4 Å². The maximum Gasteiger partial charge on any atom is 0.177 e. The van der Waals surface area contributed by atoms with Crippen LogP contribution in [-0.2, 0) is 9.84 Å². The zero-order chi connectivity index (χ0) is 14.3. The fourth-order valence-electron chi connectivity index (χ4n) is 2.91. The highest BCUT2D eigenvalue weighted by Gasteiger charge is 2.24. The predicted octanol–water partition coefficient (Wildman–Crippen LogP) is 1.95. The summed E-state index contributed by atoms with van der Waals surface area (Å²) in [5, 5.41) is 0. The van der Waals surface area contributed by atoms with Gasteiger partial charge in [-0.1, -0.05) is 6.07 Å². The molecular formula is C14H19N3O2S. The van der Waals surface area contributed by atoms with E-state index in [2.05, 4.69) is 9.97 Å². The Labute approximate surface area is 118 Å². The van der Waals surface area contributed by atoms with Gasteiger partial charge in [0.15, 0.2) is 9.84 Å². The minimum Gasteiger partial charge on any atom is -0.342 e. The molecule has 0 atom stereocenters. The van der Waals surface area contributed by atoms with E-state index in [1.165, 1.54) is 6.26 Å². The van der Waals surface area contributed by atoms with Crippen LogP contribution in [0.15, 0.2) is 23.1 Å². The third-order valence-corrected chi connectivity index (χ3v) is 5.18. The topological polar surface area (TPSA) is 88.8 Å². The van der Waals surface area contributed by atoms with E-state index >= 15 is 0 Å². The number of imidazole rings is 1. The second-order valence-corrected chi connectivity index (χ2v) is 7.64.